The second-order valence-electron chi connectivity index (χ2n) is 6.28. The zero-order valence-corrected chi connectivity index (χ0v) is 12.9. The maximum Gasteiger partial charge on any atom is 0.0453 e. The number of allylic oxidation sites excluding steroid dienone is 5. The van der Waals surface area contributed by atoms with Gasteiger partial charge in [0.1, 0.15) is 0 Å². The van der Waals surface area contributed by atoms with Crippen LogP contribution in [-0.2, 0) is 0 Å². The Hall–Kier alpha value is -1.76. The van der Waals surface area contributed by atoms with Crippen molar-refractivity contribution >= 4 is 11.3 Å². The molecule has 1 aromatic carbocycles. The van der Waals surface area contributed by atoms with E-state index in [0.717, 1.165) is 12.0 Å². The number of hydrogen-bond acceptors (Lipinski definition) is 1. The molecule has 0 amide bonds. The standard InChI is InChI=1S/C19H23N/c1-12(2)16-11-17-15-8-6-7-9-18(15)20(13(3)4)19(17)10-14(16)5/h6-7,9-11,13,15H,1,8H2,2-5H3. The molecule has 1 aliphatic heterocycles. The van der Waals surface area contributed by atoms with E-state index in [-0.39, 0.29) is 0 Å². The van der Waals surface area contributed by atoms with Gasteiger partial charge in [-0.2, -0.15) is 0 Å². The highest BCUT2D eigenvalue weighted by Gasteiger charge is 2.35. The van der Waals surface area contributed by atoms with Gasteiger partial charge in [-0.1, -0.05) is 24.3 Å². The average molecular weight is 265 g/mol. The minimum absolute atomic E-state index is 0.492. The Morgan fingerprint density at radius 2 is 2.10 bits per heavy atom. The molecule has 1 heteroatoms. The first-order valence-electron chi connectivity index (χ1n) is 7.47. The van der Waals surface area contributed by atoms with E-state index < -0.39 is 0 Å². The van der Waals surface area contributed by atoms with Crippen molar-refractivity contribution in [3.05, 3.63) is 59.3 Å². The first-order valence-corrected chi connectivity index (χ1v) is 7.47. The highest BCUT2D eigenvalue weighted by atomic mass is 15.2. The summed E-state index contributed by atoms with van der Waals surface area (Å²) in [4.78, 5) is 2.50. The fraction of sp³-hybridized carbons (Fsp3) is 0.368. The Morgan fingerprint density at radius 3 is 2.75 bits per heavy atom. The van der Waals surface area contributed by atoms with Crippen molar-refractivity contribution < 1.29 is 0 Å². The Morgan fingerprint density at radius 1 is 1.35 bits per heavy atom. The molecule has 20 heavy (non-hydrogen) atoms. The van der Waals surface area contributed by atoms with Crippen molar-refractivity contribution in [1.29, 1.82) is 0 Å². The van der Waals surface area contributed by atoms with Gasteiger partial charge >= 0.3 is 0 Å². The maximum absolute atomic E-state index is 4.13. The summed E-state index contributed by atoms with van der Waals surface area (Å²) in [5, 5.41) is 0. The lowest BCUT2D eigenvalue weighted by Crippen LogP contribution is -2.28. The number of nitrogens with zero attached hydrogens (tertiary/aromatic N) is 1. The van der Waals surface area contributed by atoms with Gasteiger partial charge in [0, 0.05) is 23.3 Å². The number of benzene rings is 1. The SMILES string of the molecule is C=C(C)c1cc2c(cc1C)N(C(C)C)C1=CC=CCC12. The summed E-state index contributed by atoms with van der Waals surface area (Å²) in [5.41, 5.74) is 8.11. The largest absolute Gasteiger partial charge is 0.342 e. The Labute approximate surface area is 122 Å². The summed E-state index contributed by atoms with van der Waals surface area (Å²) in [6.45, 7) is 13.0. The lowest BCUT2D eigenvalue weighted by atomic mass is 9.89. The fourth-order valence-electron chi connectivity index (χ4n) is 3.53. The molecule has 0 saturated heterocycles. The van der Waals surface area contributed by atoms with Gasteiger partial charge < -0.3 is 4.90 Å². The van der Waals surface area contributed by atoms with Gasteiger partial charge in [0.2, 0.25) is 0 Å². The summed E-state index contributed by atoms with van der Waals surface area (Å²) in [6.07, 6.45) is 7.87. The molecule has 1 atom stereocenters. The van der Waals surface area contributed by atoms with E-state index in [9.17, 15) is 0 Å². The van der Waals surface area contributed by atoms with E-state index in [1.54, 1.807) is 0 Å². The van der Waals surface area contributed by atoms with Crippen LogP contribution in [0.2, 0.25) is 0 Å². The van der Waals surface area contributed by atoms with Gasteiger partial charge in [0.15, 0.2) is 0 Å². The molecule has 0 bridgehead atoms. The molecule has 1 aromatic rings. The van der Waals surface area contributed by atoms with Crippen LogP contribution in [-0.4, -0.2) is 6.04 Å². The molecule has 0 N–H and O–H groups in total. The normalized spacial score (nSPS) is 19.9. The third kappa shape index (κ3) is 1.84. The van der Waals surface area contributed by atoms with Crippen molar-refractivity contribution in [2.45, 2.75) is 46.1 Å². The van der Waals surface area contributed by atoms with E-state index >= 15 is 0 Å². The molecule has 1 heterocycles. The number of aryl methyl sites for hydroxylation is 1. The van der Waals surface area contributed by atoms with Crippen molar-refractivity contribution in [2.75, 3.05) is 4.90 Å². The molecule has 3 rings (SSSR count). The van der Waals surface area contributed by atoms with Gasteiger partial charge in [0.05, 0.1) is 0 Å². The zero-order valence-electron chi connectivity index (χ0n) is 12.9. The number of fused-ring (bicyclic) bond motifs is 3. The summed E-state index contributed by atoms with van der Waals surface area (Å²) in [6, 6.07) is 5.21. The van der Waals surface area contributed by atoms with Crippen molar-refractivity contribution in [3.63, 3.8) is 0 Å². The second-order valence-corrected chi connectivity index (χ2v) is 6.28. The molecule has 0 aromatic heterocycles. The summed E-state index contributed by atoms with van der Waals surface area (Å²) >= 11 is 0. The predicted molar refractivity (Wildman–Crippen MR) is 88.1 cm³/mol. The zero-order chi connectivity index (χ0) is 14.4. The topological polar surface area (TPSA) is 3.24 Å². The molecular formula is C19H23N. The second kappa shape index (κ2) is 4.66. The van der Waals surface area contributed by atoms with E-state index in [2.05, 4.69) is 69.5 Å². The molecule has 0 radical (unpaired) electrons. The van der Waals surface area contributed by atoms with Crippen molar-refractivity contribution in [2.24, 2.45) is 0 Å². The van der Waals surface area contributed by atoms with Crippen LogP contribution >= 0.6 is 0 Å². The average Bonchev–Trinajstić information content (AvgIpc) is 2.70. The first kappa shape index (κ1) is 13.2. The van der Waals surface area contributed by atoms with Crippen LogP contribution in [0.3, 0.4) is 0 Å². The van der Waals surface area contributed by atoms with Crippen molar-refractivity contribution in [3.8, 4) is 0 Å². The van der Waals surface area contributed by atoms with Crippen LogP contribution in [0.15, 0.2) is 42.6 Å². The molecule has 1 nitrogen and oxygen atoms in total. The van der Waals surface area contributed by atoms with E-state index in [1.807, 2.05) is 0 Å². The van der Waals surface area contributed by atoms with E-state index in [1.165, 1.54) is 28.1 Å². The van der Waals surface area contributed by atoms with Crippen LogP contribution in [0.5, 0.6) is 0 Å². The lowest BCUT2D eigenvalue weighted by molar-refractivity contribution is 0.717. The van der Waals surface area contributed by atoms with E-state index in [4.69, 9.17) is 0 Å². The number of rotatable bonds is 2. The molecule has 0 spiro atoms. The molecule has 1 aliphatic carbocycles. The smallest absolute Gasteiger partial charge is 0.0453 e. The maximum atomic E-state index is 4.13. The van der Waals surface area contributed by atoms with Gasteiger partial charge in [-0.25, -0.2) is 0 Å². The lowest BCUT2D eigenvalue weighted by Gasteiger charge is -2.28. The van der Waals surface area contributed by atoms with Gasteiger partial charge in [0.25, 0.3) is 0 Å². The summed E-state index contributed by atoms with van der Waals surface area (Å²) in [7, 11) is 0. The van der Waals surface area contributed by atoms with Gasteiger partial charge in [-0.3, -0.25) is 0 Å². The Balaban J connectivity index is 2.21. The van der Waals surface area contributed by atoms with Gasteiger partial charge in [-0.05, 0) is 69.0 Å². The summed E-state index contributed by atoms with van der Waals surface area (Å²) in [5.74, 6) is 0.524. The quantitative estimate of drug-likeness (QED) is 0.711. The third-order valence-electron chi connectivity index (χ3n) is 4.39. The Bertz CT molecular complexity index is 631. The van der Waals surface area contributed by atoms with E-state index in [0.29, 0.717) is 12.0 Å². The molecule has 104 valence electrons. The third-order valence-corrected chi connectivity index (χ3v) is 4.39. The molecular weight excluding hydrogens is 242 g/mol. The van der Waals surface area contributed by atoms with Crippen molar-refractivity contribution in [1.82, 2.24) is 0 Å². The van der Waals surface area contributed by atoms with Crippen LogP contribution in [0, 0.1) is 6.92 Å². The minimum atomic E-state index is 0.492. The van der Waals surface area contributed by atoms with Gasteiger partial charge in [-0.15, -0.1) is 0 Å². The predicted octanol–water partition coefficient (Wildman–Crippen LogP) is 5.18. The highest BCUT2D eigenvalue weighted by Crippen LogP contribution is 2.49. The molecule has 0 saturated carbocycles. The number of anilines is 1. The minimum Gasteiger partial charge on any atom is -0.342 e. The molecule has 2 aliphatic rings. The first-order chi connectivity index (χ1) is 9.50. The van der Waals surface area contributed by atoms with Crippen LogP contribution in [0.4, 0.5) is 5.69 Å². The Kier molecular flexibility index (Phi) is 3.08. The number of hydrogen-bond donors (Lipinski definition) is 0. The van der Waals surface area contributed by atoms with Crippen LogP contribution in [0.1, 0.15) is 49.8 Å². The van der Waals surface area contributed by atoms with Crippen LogP contribution < -0.4 is 4.90 Å². The molecule has 1 unspecified atom stereocenters. The van der Waals surface area contributed by atoms with Crippen LogP contribution in [0.25, 0.3) is 5.57 Å². The monoisotopic (exact) mass is 265 g/mol. The summed E-state index contributed by atoms with van der Waals surface area (Å²) < 4.78 is 0. The highest BCUT2D eigenvalue weighted by molar-refractivity contribution is 5.76. The fourth-order valence-corrected chi connectivity index (χ4v) is 3.53. The molecule has 0 fully saturated rings.